The summed E-state index contributed by atoms with van der Waals surface area (Å²) in [5, 5.41) is 0. The van der Waals surface area contributed by atoms with Crippen molar-refractivity contribution in [2.75, 3.05) is 13.2 Å². The highest BCUT2D eigenvalue weighted by molar-refractivity contribution is 5.85. The molecule has 3 aromatic carbocycles. The number of rotatable bonds is 5. The van der Waals surface area contributed by atoms with Crippen LogP contribution in [0.4, 0.5) is 0 Å². The molecule has 0 bridgehead atoms. The van der Waals surface area contributed by atoms with E-state index in [2.05, 4.69) is 54.6 Å². The lowest BCUT2D eigenvalue weighted by atomic mass is 9.94. The van der Waals surface area contributed by atoms with Crippen LogP contribution in [0.3, 0.4) is 0 Å². The largest absolute Gasteiger partial charge is 0.490 e. The Morgan fingerprint density at radius 1 is 0.962 bits per heavy atom. The van der Waals surface area contributed by atoms with Crippen LogP contribution in [0.2, 0.25) is 0 Å². The van der Waals surface area contributed by atoms with Crippen LogP contribution < -0.4 is 10.5 Å². The molecule has 0 saturated carbocycles. The SMILES string of the molecule is NCc1cc(-c2cccc3c2Cc2ccccc2-3)ccc1OCC1CO1. The maximum Gasteiger partial charge on any atom is 0.123 e. The predicted octanol–water partition coefficient (Wildman–Crippen LogP) is 4.16. The molecular formula is C23H21NO2. The first kappa shape index (κ1) is 15.6. The fraction of sp³-hybridized carbons (Fsp3) is 0.217. The topological polar surface area (TPSA) is 47.8 Å². The molecule has 26 heavy (non-hydrogen) atoms. The maximum atomic E-state index is 5.99. The summed E-state index contributed by atoms with van der Waals surface area (Å²) in [5.41, 5.74) is 15.0. The molecule has 1 heterocycles. The van der Waals surface area contributed by atoms with Crippen LogP contribution in [-0.2, 0) is 17.7 Å². The summed E-state index contributed by atoms with van der Waals surface area (Å²) < 4.78 is 11.1. The molecule has 3 heteroatoms. The van der Waals surface area contributed by atoms with Gasteiger partial charge in [-0.25, -0.2) is 0 Å². The number of ether oxygens (including phenoxy) is 2. The third kappa shape index (κ3) is 2.70. The van der Waals surface area contributed by atoms with Crippen molar-refractivity contribution in [3.05, 3.63) is 77.4 Å². The second kappa shape index (κ2) is 6.27. The number of hydrogen-bond acceptors (Lipinski definition) is 3. The molecule has 3 nitrogen and oxygen atoms in total. The standard InChI is InChI=1S/C23H21NO2/c24-12-17-10-16(8-9-23(17)26-14-18-13-25-18)20-6-3-7-21-19-5-2-1-4-15(19)11-22(20)21/h1-10,18H,11-14,24H2. The van der Waals surface area contributed by atoms with Crippen molar-refractivity contribution in [3.63, 3.8) is 0 Å². The Morgan fingerprint density at radius 3 is 2.62 bits per heavy atom. The van der Waals surface area contributed by atoms with Crippen LogP contribution in [0.15, 0.2) is 60.7 Å². The van der Waals surface area contributed by atoms with E-state index in [1.54, 1.807) is 0 Å². The first-order valence-corrected chi connectivity index (χ1v) is 9.11. The quantitative estimate of drug-likeness (QED) is 0.554. The number of epoxide rings is 1. The summed E-state index contributed by atoms with van der Waals surface area (Å²) in [7, 11) is 0. The summed E-state index contributed by atoms with van der Waals surface area (Å²) in [6.07, 6.45) is 1.23. The summed E-state index contributed by atoms with van der Waals surface area (Å²) in [4.78, 5) is 0. The van der Waals surface area contributed by atoms with Crippen molar-refractivity contribution >= 4 is 0 Å². The molecule has 1 aliphatic carbocycles. The zero-order valence-corrected chi connectivity index (χ0v) is 14.6. The average Bonchev–Trinajstić information content (AvgIpc) is 3.44. The van der Waals surface area contributed by atoms with E-state index in [0.717, 1.165) is 24.3 Å². The maximum absolute atomic E-state index is 5.99. The average molecular weight is 343 g/mol. The molecule has 0 amide bonds. The number of hydrogen-bond donors (Lipinski definition) is 1. The van der Waals surface area contributed by atoms with Gasteiger partial charge in [-0.3, -0.25) is 0 Å². The molecule has 5 rings (SSSR count). The van der Waals surface area contributed by atoms with E-state index in [1.165, 1.54) is 33.4 Å². The summed E-state index contributed by atoms with van der Waals surface area (Å²) in [6.45, 7) is 1.86. The third-order valence-corrected chi connectivity index (χ3v) is 5.27. The number of nitrogens with two attached hydrogens (primary N) is 1. The minimum Gasteiger partial charge on any atom is -0.490 e. The lowest BCUT2D eigenvalue weighted by Gasteiger charge is -2.14. The highest BCUT2D eigenvalue weighted by Crippen LogP contribution is 2.42. The van der Waals surface area contributed by atoms with Gasteiger partial charge in [0.1, 0.15) is 18.5 Å². The monoisotopic (exact) mass is 343 g/mol. The minimum atomic E-state index is 0.246. The van der Waals surface area contributed by atoms with Crippen LogP contribution in [0.25, 0.3) is 22.3 Å². The van der Waals surface area contributed by atoms with Gasteiger partial charge in [0.2, 0.25) is 0 Å². The van der Waals surface area contributed by atoms with Crippen molar-refractivity contribution < 1.29 is 9.47 Å². The van der Waals surface area contributed by atoms with E-state index in [4.69, 9.17) is 15.2 Å². The smallest absolute Gasteiger partial charge is 0.123 e. The van der Waals surface area contributed by atoms with E-state index in [9.17, 15) is 0 Å². The lowest BCUT2D eigenvalue weighted by Crippen LogP contribution is -2.08. The van der Waals surface area contributed by atoms with Crippen molar-refractivity contribution in [1.82, 2.24) is 0 Å². The van der Waals surface area contributed by atoms with Crippen molar-refractivity contribution in [2.45, 2.75) is 19.1 Å². The fourth-order valence-electron chi connectivity index (χ4n) is 3.82. The van der Waals surface area contributed by atoms with Crippen LogP contribution in [0.1, 0.15) is 16.7 Å². The zero-order valence-electron chi connectivity index (χ0n) is 14.6. The van der Waals surface area contributed by atoms with E-state index in [0.29, 0.717) is 13.2 Å². The Hall–Kier alpha value is -2.62. The molecule has 2 aliphatic rings. The van der Waals surface area contributed by atoms with E-state index >= 15 is 0 Å². The van der Waals surface area contributed by atoms with E-state index in [-0.39, 0.29) is 6.10 Å². The molecule has 0 radical (unpaired) electrons. The van der Waals surface area contributed by atoms with E-state index in [1.807, 2.05) is 6.07 Å². The first-order chi connectivity index (χ1) is 12.8. The third-order valence-electron chi connectivity index (χ3n) is 5.27. The summed E-state index contributed by atoms with van der Waals surface area (Å²) in [6, 6.07) is 21.6. The highest BCUT2D eigenvalue weighted by atomic mass is 16.6. The van der Waals surface area contributed by atoms with Gasteiger partial charge in [-0.2, -0.15) is 0 Å². The van der Waals surface area contributed by atoms with Crippen molar-refractivity contribution in [3.8, 4) is 28.0 Å². The fourth-order valence-corrected chi connectivity index (χ4v) is 3.82. The first-order valence-electron chi connectivity index (χ1n) is 9.11. The molecular weight excluding hydrogens is 322 g/mol. The molecule has 1 aliphatic heterocycles. The Labute approximate surface area is 153 Å². The molecule has 1 saturated heterocycles. The Balaban J connectivity index is 1.52. The second-order valence-electron chi connectivity index (χ2n) is 6.96. The molecule has 130 valence electrons. The second-order valence-corrected chi connectivity index (χ2v) is 6.96. The zero-order chi connectivity index (χ0) is 17.5. The van der Waals surface area contributed by atoms with Gasteiger partial charge < -0.3 is 15.2 Å². The highest BCUT2D eigenvalue weighted by Gasteiger charge is 2.24. The molecule has 0 spiro atoms. The van der Waals surface area contributed by atoms with Crippen LogP contribution in [0, 0.1) is 0 Å². The molecule has 3 aromatic rings. The molecule has 1 unspecified atom stereocenters. The lowest BCUT2D eigenvalue weighted by molar-refractivity contribution is 0.261. The van der Waals surface area contributed by atoms with Crippen LogP contribution >= 0.6 is 0 Å². The van der Waals surface area contributed by atoms with Crippen molar-refractivity contribution in [1.29, 1.82) is 0 Å². The van der Waals surface area contributed by atoms with Crippen LogP contribution in [-0.4, -0.2) is 19.3 Å². The molecule has 1 atom stereocenters. The Kier molecular flexibility index (Phi) is 3.77. The molecule has 0 aromatic heterocycles. The predicted molar refractivity (Wildman–Crippen MR) is 103 cm³/mol. The van der Waals surface area contributed by atoms with E-state index < -0.39 is 0 Å². The summed E-state index contributed by atoms with van der Waals surface area (Å²) in [5.74, 6) is 0.864. The molecule has 2 N–H and O–H groups in total. The van der Waals surface area contributed by atoms with Crippen LogP contribution in [0.5, 0.6) is 5.75 Å². The normalized spacial score (nSPS) is 16.9. The molecule has 1 fully saturated rings. The number of benzene rings is 3. The van der Waals surface area contributed by atoms with Gasteiger partial charge in [0, 0.05) is 12.1 Å². The Morgan fingerprint density at radius 2 is 1.77 bits per heavy atom. The van der Waals surface area contributed by atoms with Gasteiger partial charge >= 0.3 is 0 Å². The van der Waals surface area contributed by atoms with Gasteiger partial charge in [-0.1, -0.05) is 48.5 Å². The van der Waals surface area contributed by atoms with Gasteiger partial charge in [0.05, 0.1) is 6.61 Å². The van der Waals surface area contributed by atoms with Gasteiger partial charge in [0.25, 0.3) is 0 Å². The summed E-state index contributed by atoms with van der Waals surface area (Å²) >= 11 is 0. The van der Waals surface area contributed by atoms with Gasteiger partial charge in [0.15, 0.2) is 0 Å². The van der Waals surface area contributed by atoms with Crippen molar-refractivity contribution in [2.24, 2.45) is 5.73 Å². The van der Waals surface area contributed by atoms with Gasteiger partial charge in [-0.15, -0.1) is 0 Å². The minimum absolute atomic E-state index is 0.246. The Bertz CT molecular complexity index is 976. The number of fused-ring (bicyclic) bond motifs is 3. The van der Waals surface area contributed by atoms with Gasteiger partial charge in [-0.05, 0) is 51.9 Å².